The lowest BCUT2D eigenvalue weighted by molar-refractivity contribution is 0.271. The summed E-state index contributed by atoms with van der Waals surface area (Å²) < 4.78 is 5.82. The molecule has 0 saturated heterocycles. The molecule has 1 atom stereocenters. The molecule has 0 N–H and O–H groups in total. The van der Waals surface area contributed by atoms with E-state index in [1.807, 2.05) is 6.07 Å². The number of benzene rings is 2. The lowest BCUT2D eigenvalue weighted by Crippen LogP contribution is -2.10. The maximum Gasteiger partial charge on any atom is 0.119 e. The minimum atomic E-state index is 0.215. The van der Waals surface area contributed by atoms with Crippen molar-refractivity contribution in [2.24, 2.45) is 11.8 Å². The van der Waals surface area contributed by atoms with Gasteiger partial charge in [-0.25, -0.2) is 0 Å². The zero-order valence-electron chi connectivity index (χ0n) is 17.3. The van der Waals surface area contributed by atoms with Gasteiger partial charge in [-0.15, -0.1) is 0 Å². The Hall–Kier alpha value is -2.02. The first-order chi connectivity index (χ1) is 12.2. The molecule has 0 aliphatic rings. The third-order valence-corrected chi connectivity index (χ3v) is 4.44. The number of hydrogen-bond donors (Lipinski definition) is 0. The fourth-order valence-corrected chi connectivity index (χ4v) is 2.83. The average molecular weight is 351 g/mol. The zero-order valence-corrected chi connectivity index (χ0v) is 17.3. The first-order valence-electron chi connectivity index (χ1n) is 9.74. The highest BCUT2D eigenvalue weighted by atomic mass is 16.5. The van der Waals surface area contributed by atoms with Gasteiger partial charge in [-0.3, -0.25) is 0 Å². The standard InChI is InChI=1S/C25H34O/c1-19(2)18-26-24-9-7-8-21(17-24)11-10-20(3)16-22-12-14-23(15-13-22)25(4,5)6/h7-15,17,19-20H,16,18H2,1-6H3. The van der Waals surface area contributed by atoms with E-state index in [1.54, 1.807) is 0 Å². The van der Waals surface area contributed by atoms with Gasteiger partial charge in [-0.05, 0) is 52.5 Å². The molecular formula is C25H34O. The molecule has 0 amide bonds. The first kappa shape index (κ1) is 20.3. The topological polar surface area (TPSA) is 9.23 Å². The molecule has 0 aliphatic carbocycles. The quantitative estimate of drug-likeness (QED) is 0.527. The molecule has 1 nitrogen and oxygen atoms in total. The smallest absolute Gasteiger partial charge is 0.119 e. The molecular weight excluding hydrogens is 316 g/mol. The van der Waals surface area contributed by atoms with E-state index in [4.69, 9.17) is 4.74 Å². The Bertz CT molecular complexity index is 702. The highest BCUT2D eigenvalue weighted by Crippen LogP contribution is 2.23. The van der Waals surface area contributed by atoms with Crippen LogP contribution in [0.15, 0.2) is 54.6 Å². The van der Waals surface area contributed by atoms with Crippen molar-refractivity contribution in [2.45, 2.75) is 53.4 Å². The normalized spacial score (nSPS) is 13.3. The van der Waals surface area contributed by atoms with Crippen molar-refractivity contribution < 1.29 is 4.74 Å². The summed E-state index contributed by atoms with van der Waals surface area (Å²) in [5.41, 5.74) is 4.19. The second-order valence-electron chi connectivity index (χ2n) is 8.76. The number of hydrogen-bond acceptors (Lipinski definition) is 1. The summed E-state index contributed by atoms with van der Waals surface area (Å²) in [6, 6.07) is 17.4. The zero-order chi connectivity index (χ0) is 19.2. The molecule has 1 unspecified atom stereocenters. The minimum absolute atomic E-state index is 0.215. The van der Waals surface area contributed by atoms with Crippen molar-refractivity contribution >= 4 is 6.08 Å². The molecule has 0 bridgehead atoms. The lowest BCUT2D eigenvalue weighted by atomic mass is 9.86. The monoisotopic (exact) mass is 350 g/mol. The van der Waals surface area contributed by atoms with Gasteiger partial charge < -0.3 is 4.74 Å². The predicted octanol–water partition coefficient (Wildman–Crippen LogP) is 6.91. The van der Waals surface area contributed by atoms with Gasteiger partial charge in [0.2, 0.25) is 0 Å². The van der Waals surface area contributed by atoms with Crippen LogP contribution < -0.4 is 4.74 Å². The van der Waals surface area contributed by atoms with Crippen LogP contribution in [0.25, 0.3) is 6.08 Å². The van der Waals surface area contributed by atoms with Gasteiger partial charge in [0.15, 0.2) is 0 Å². The van der Waals surface area contributed by atoms with Crippen molar-refractivity contribution in [3.8, 4) is 5.75 Å². The van der Waals surface area contributed by atoms with Crippen molar-refractivity contribution in [3.05, 3.63) is 71.3 Å². The van der Waals surface area contributed by atoms with E-state index in [0.29, 0.717) is 11.8 Å². The number of rotatable bonds is 7. The average Bonchev–Trinajstić information content (AvgIpc) is 2.58. The predicted molar refractivity (Wildman–Crippen MR) is 114 cm³/mol. The van der Waals surface area contributed by atoms with Crippen LogP contribution in [0.5, 0.6) is 5.75 Å². The van der Waals surface area contributed by atoms with Crippen molar-refractivity contribution in [3.63, 3.8) is 0 Å². The molecule has 140 valence electrons. The molecule has 1 heteroatoms. The molecule has 0 aliphatic heterocycles. The van der Waals surface area contributed by atoms with Crippen LogP contribution >= 0.6 is 0 Å². The molecule has 0 heterocycles. The van der Waals surface area contributed by atoms with Crippen LogP contribution in [-0.2, 0) is 11.8 Å². The first-order valence-corrected chi connectivity index (χ1v) is 9.74. The number of ether oxygens (including phenoxy) is 1. The Balaban J connectivity index is 1.94. The van der Waals surface area contributed by atoms with E-state index < -0.39 is 0 Å². The van der Waals surface area contributed by atoms with E-state index in [1.165, 1.54) is 16.7 Å². The maximum atomic E-state index is 5.82. The van der Waals surface area contributed by atoms with Crippen LogP contribution in [0, 0.1) is 11.8 Å². The van der Waals surface area contributed by atoms with Crippen molar-refractivity contribution in [2.75, 3.05) is 6.61 Å². The van der Waals surface area contributed by atoms with E-state index in [0.717, 1.165) is 18.8 Å². The molecule has 0 saturated carbocycles. The van der Waals surface area contributed by atoms with E-state index in [2.05, 4.69) is 96.2 Å². The van der Waals surface area contributed by atoms with Gasteiger partial charge >= 0.3 is 0 Å². The van der Waals surface area contributed by atoms with E-state index >= 15 is 0 Å². The summed E-state index contributed by atoms with van der Waals surface area (Å²) in [6.07, 6.45) is 5.56. The Morgan fingerprint density at radius 2 is 1.65 bits per heavy atom. The van der Waals surface area contributed by atoms with E-state index in [9.17, 15) is 0 Å². The number of allylic oxidation sites excluding steroid dienone is 1. The molecule has 0 aromatic heterocycles. The van der Waals surface area contributed by atoms with Crippen molar-refractivity contribution in [1.82, 2.24) is 0 Å². The molecule has 0 spiro atoms. The second-order valence-corrected chi connectivity index (χ2v) is 8.76. The Morgan fingerprint density at radius 3 is 2.27 bits per heavy atom. The molecule has 2 aromatic rings. The molecule has 2 aromatic carbocycles. The van der Waals surface area contributed by atoms with Crippen LogP contribution in [0.3, 0.4) is 0 Å². The van der Waals surface area contributed by atoms with Gasteiger partial charge in [0.1, 0.15) is 5.75 Å². The summed E-state index contributed by atoms with van der Waals surface area (Å²) in [5, 5.41) is 0. The largest absolute Gasteiger partial charge is 0.493 e. The Morgan fingerprint density at radius 1 is 0.962 bits per heavy atom. The van der Waals surface area contributed by atoms with Gasteiger partial charge in [0.05, 0.1) is 6.61 Å². The fraction of sp³-hybridized carbons (Fsp3) is 0.440. The Kier molecular flexibility index (Phi) is 7.08. The minimum Gasteiger partial charge on any atom is -0.493 e. The summed E-state index contributed by atoms with van der Waals surface area (Å²) in [7, 11) is 0. The third kappa shape index (κ3) is 6.71. The van der Waals surface area contributed by atoms with Gasteiger partial charge in [-0.1, -0.05) is 90.1 Å². The van der Waals surface area contributed by atoms with Gasteiger partial charge in [0, 0.05) is 0 Å². The van der Waals surface area contributed by atoms with Crippen molar-refractivity contribution in [1.29, 1.82) is 0 Å². The van der Waals surface area contributed by atoms with Crippen LogP contribution in [0.4, 0.5) is 0 Å². The molecule has 0 radical (unpaired) electrons. The second kappa shape index (κ2) is 9.07. The highest BCUT2D eigenvalue weighted by Gasteiger charge is 2.13. The summed E-state index contributed by atoms with van der Waals surface area (Å²) in [5.74, 6) is 1.99. The molecule has 26 heavy (non-hydrogen) atoms. The third-order valence-electron chi connectivity index (χ3n) is 4.44. The Labute approximate surface area is 160 Å². The highest BCUT2D eigenvalue weighted by molar-refractivity contribution is 5.52. The van der Waals surface area contributed by atoms with Gasteiger partial charge in [0.25, 0.3) is 0 Å². The SMILES string of the molecule is CC(C)COc1cccc(C=CC(C)Cc2ccc(C(C)(C)C)cc2)c1. The maximum absolute atomic E-state index is 5.82. The lowest BCUT2D eigenvalue weighted by Gasteiger charge is -2.19. The van der Waals surface area contributed by atoms with Crippen LogP contribution in [-0.4, -0.2) is 6.61 Å². The molecule has 0 fully saturated rings. The van der Waals surface area contributed by atoms with Crippen LogP contribution in [0.2, 0.25) is 0 Å². The summed E-state index contributed by atoms with van der Waals surface area (Å²) >= 11 is 0. The fourth-order valence-electron chi connectivity index (χ4n) is 2.83. The summed E-state index contributed by atoms with van der Waals surface area (Å²) in [4.78, 5) is 0. The summed E-state index contributed by atoms with van der Waals surface area (Å²) in [6.45, 7) is 14.1. The molecule has 2 rings (SSSR count). The van der Waals surface area contributed by atoms with E-state index in [-0.39, 0.29) is 5.41 Å². The van der Waals surface area contributed by atoms with Gasteiger partial charge in [-0.2, -0.15) is 0 Å². The van der Waals surface area contributed by atoms with Crippen LogP contribution in [0.1, 0.15) is 58.2 Å².